The molecule has 3 aromatic carbocycles. The van der Waals surface area contributed by atoms with Crippen LogP contribution in [0.2, 0.25) is 0 Å². The third kappa shape index (κ3) is 8.13. The molecule has 0 aliphatic rings. The summed E-state index contributed by atoms with van der Waals surface area (Å²) in [5.41, 5.74) is 8.62. The number of aliphatic imine (C=N–C) groups is 1. The van der Waals surface area contributed by atoms with E-state index in [2.05, 4.69) is 31.6 Å². The highest BCUT2D eigenvalue weighted by molar-refractivity contribution is 9.10. The molecule has 2 amide bonds. The van der Waals surface area contributed by atoms with Gasteiger partial charge in [-0.3, -0.25) is 9.59 Å². The minimum absolute atomic E-state index is 0.0150. The Balaban J connectivity index is 1.68. The fraction of sp³-hybridized carbons (Fsp3) is 0.222. The fourth-order valence-corrected chi connectivity index (χ4v) is 4.01. The van der Waals surface area contributed by atoms with Gasteiger partial charge in [-0.2, -0.15) is 4.99 Å². The highest BCUT2D eigenvalue weighted by atomic mass is 79.9. The molecular formula is C27H29BrN4O4. The number of nitrogens with one attached hydrogen (secondary N) is 2. The molecule has 0 spiro atoms. The Morgan fingerprint density at radius 2 is 1.64 bits per heavy atom. The van der Waals surface area contributed by atoms with Gasteiger partial charge in [-0.25, -0.2) is 0 Å². The molecule has 0 fully saturated rings. The number of halogens is 1. The van der Waals surface area contributed by atoms with Crippen molar-refractivity contribution in [2.45, 2.75) is 25.4 Å². The van der Waals surface area contributed by atoms with Crippen molar-refractivity contribution in [3.05, 3.63) is 94.0 Å². The molecule has 0 radical (unpaired) electrons. The van der Waals surface area contributed by atoms with Gasteiger partial charge in [0.05, 0.1) is 20.6 Å². The Morgan fingerprint density at radius 3 is 2.33 bits per heavy atom. The number of carbonyl (C=O) groups excluding carboxylic acids is 2. The lowest BCUT2D eigenvalue weighted by atomic mass is 10.1. The van der Waals surface area contributed by atoms with E-state index in [0.29, 0.717) is 30.0 Å². The number of carbonyl (C=O) groups is 2. The van der Waals surface area contributed by atoms with E-state index in [4.69, 9.17) is 15.2 Å². The van der Waals surface area contributed by atoms with Crippen LogP contribution in [-0.4, -0.2) is 38.0 Å². The highest BCUT2D eigenvalue weighted by Crippen LogP contribution is 2.27. The first-order valence-corrected chi connectivity index (χ1v) is 12.1. The Hall–Kier alpha value is -3.85. The Morgan fingerprint density at radius 1 is 0.917 bits per heavy atom. The molecule has 3 rings (SSSR count). The number of amides is 2. The van der Waals surface area contributed by atoms with E-state index in [0.717, 1.165) is 15.6 Å². The zero-order valence-electron chi connectivity index (χ0n) is 20.2. The van der Waals surface area contributed by atoms with Crippen molar-refractivity contribution in [3.63, 3.8) is 0 Å². The van der Waals surface area contributed by atoms with E-state index in [1.807, 2.05) is 54.6 Å². The van der Waals surface area contributed by atoms with Gasteiger partial charge in [-0.05, 0) is 41.0 Å². The number of hydrogen-bond acceptors (Lipinski definition) is 4. The molecule has 0 saturated carbocycles. The molecule has 0 saturated heterocycles. The Labute approximate surface area is 219 Å². The van der Waals surface area contributed by atoms with E-state index in [-0.39, 0.29) is 18.3 Å². The van der Waals surface area contributed by atoms with Crippen LogP contribution in [0.1, 0.15) is 16.7 Å². The quantitative estimate of drug-likeness (QED) is 0.262. The number of hydrogen-bond donors (Lipinski definition) is 3. The molecule has 0 bridgehead atoms. The minimum atomic E-state index is -0.725. The van der Waals surface area contributed by atoms with Crippen LogP contribution in [0.4, 0.5) is 0 Å². The van der Waals surface area contributed by atoms with Crippen molar-refractivity contribution in [1.82, 2.24) is 10.6 Å². The molecule has 3 aromatic rings. The smallest absolute Gasteiger partial charge is 0.253 e. The van der Waals surface area contributed by atoms with Gasteiger partial charge >= 0.3 is 0 Å². The standard InChI is InChI=1S/C27H29BrN4O4/c1-35-23-12-11-19(15-24(23)36-2)16-25(33)32-27(29)31-22(14-18-7-4-3-5-8-18)26(34)30-17-20-9-6-10-21(28)13-20/h3-13,15,22H,14,16-17H2,1-2H3,(H,30,34)(H3,29,31,32,33)/t22-/m1/s1. The van der Waals surface area contributed by atoms with Crippen LogP contribution >= 0.6 is 15.9 Å². The third-order valence-electron chi connectivity index (χ3n) is 5.33. The fourth-order valence-electron chi connectivity index (χ4n) is 3.57. The van der Waals surface area contributed by atoms with Gasteiger partial charge in [-0.15, -0.1) is 0 Å². The summed E-state index contributed by atoms with van der Waals surface area (Å²) in [5, 5.41) is 5.84. The lowest BCUT2D eigenvalue weighted by molar-refractivity contribution is -0.123. The second-order valence-corrected chi connectivity index (χ2v) is 8.91. The molecule has 8 nitrogen and oxygen atoms in total. The first kappa shape index (κ1) is 26.7. The zero-order valence-corrected chi connectivity index (χ0v) is 21.7. The van der Waals surface area contributed by atoms with Crippen LogP contribution in [0, 0.1) is 0 Å². The molecule has 0 aliphatic heterocycles. The number of nitrogens with zero attached hydrogens (tertiary/aromatic N) is 1. The van der Waals surface area contributed by atoms with Gasteiger partial charge in [0.25, 0.3) is 5.91 Å². The minimum Gasteiger partial charge on any atom is -0.493 e. The molecule has 188 valence electrons. The molecule has 36 heavy (non-hydrogen) atoms. The van der Waals surface area contributed by atoms with Crippen LogP contribution in [0.25, 0.3) is 0 Å². The van der Waals surface area contributed by atoms with Crippen molar-refractivity contribution in [3.8, 4) is 11.5 Å². The largest absolute Gasteiger partial charge is 0.493 e. The van der Waals surface area contributed by atoms with Crippen LogP contribution in [0.3, 0.4) is 0 Å². The zero-order chi connectivity index (χ0) is 25.9. The van der Waals surface area contributed by atoms with E-state index in [1.165, 1.54) is 7.11 Å². The topological polar surface area (TPSA) is 115 Å². The van der Waals surface area contributed by atoms with Gasteiger partial charge in [0.15, 0.2) is 17.5 Å². The average molecular weight is 553 g/mol. The second-order valence-electron chi connectivity index (χ2n) is 7.99. The summed E-state index contributed by atoms with van der Waals surface area (Å²) in [7, 11) is 3.07. The predicted molar refractivity (Wildman–Crippen MR) is 143 cm³/mol. The van der Waals surface area contributed by atoms with Gasteiger partial charge in [0, 0.05) is 17.4 Å². The number of methoxy groups -OCH3 is 2. The van der Waals surface area contributed by atoms with Gasteiger partial charge in [-0.1, -0.05) is 64.5 Å². The van der Waals surface area contributed by atoms with Gasteiger partial charge < -0.3 is 25.8 Å². The number of benzene rings is 3. The van der Waals surface area contributed by atoms with E-state index in [9.17, 15) is 9.59 Å². The van der Waals surface area contributed by atoms with Gasteiger partial charge in [0.1, 0.15) is 6.04 Å². The summed E-state index contributed by atoms with van der Waals surface area (Å²) < 4.78 is 11.4. The Kier molecular flexibility index (Phi) is 9.88. The maximum atomic E-state index is 13.0. The number of guanidine groups is 1. The summed E-state index contributed by atoms with van der Waals surface area (Å²) in [6, 6.07) is 21.7. The van der Waals surface area contributed by atoms with E-state index >= 15 is 0 Å². The molecule has 0 aliphatic carbocycles. The monoisotopic (exact) mass is 552 g/mol. The average Bonchev–Trinajstić information content (AvgIpc) is 2.87. The first-order valence-electron chi connectivity index (χ1n) is 11.3. The van der Waals surface area contributed by atoms with Crippen molar-refractivity contribution < 1.29 is 19.1 Å². The highest BCUT2D eigenvalue weighted by Gasteiger charge is 2.20. The summed E-state index contributed by atoms with van der Waals surface area (Å²) in [5.74, 6) is 0.238. The second kappa shape index (κ2) is 13.3. The van der Waals surface area contributed by atoms with Crippen molar-refractivity contribution >= 4 is 33.7 Å². The number of ether oxygens (including phenoxy) is 2. The predicted octanol–water partition coefficient (Wildman–Crippen LogP) is 3.37. The molecule has 0 unspecified atom stereocenters. The molecular weight excluding hydrogens is 524 g/mol. The lowest BCUT2D eigenvalue weighted by Gasteiger charge is -2.19. The van der Waals surface area contributed by atoms with Crippen LogP contribution in [-0.2, 0) is 29.0 Å². The summed E-state index contributed by atoms with van der Waals surface area (Å²) in [6.07, 6.45) is 0.381. The summed E-state index contributed by atoms with van der Waals surface area (Å²) in [6.45, 7) is 0.348. The van der Waals surface area contributed by atoms with Crippen molar-refractivity contribution in [2.24, 2.45) is 10.7 Å². The number of rotatable bonds is 10. The number of nitrogens with two attached hydrogens (primary N) is 1. The first-order chi connectivity index (χ1) is 17.4. The van der Waals surface area contributed by atoms with Crippen LogP contribution in [0.15, 0.2) is 82.3 Å². The third-order valence-corrected chi connectivity index (χ3v) is 5.82. The van der Waals surface area contributed by atoms with Crippen LogP contribution in [0.5, 0.6) is 11.5 Å². The summed E-state index contributed by atoms with van der Waals surface area (Å²) in [4.78, 5) is 29.5. The van der Waals surface area contributed by atoms with Crippen LogP contribution < -0.4 is 25.8 Å². The van der Waals surface area contributed by atoms with Gasteiger partial charge in [0.2, 0.25) is 5.91 Å². The molecule has 0 aromatic heterocycles. The molecule has 9 heteroatoms. The Bertz CT molecular complexity index is 1220. The van der Waals surface area contributed by atoms with Crippen molar-refractivity contribution in [1.29, 1.82) is 0 Å². The molecule has 4 N–H and O–H groups in total. The maximum Gasteiger partial charge on any atom is 0.253 e. The van der Waals surface area contributed by atoms with E-state index < -0.39 is 11.9 Å². The maximum absolute atomic E-state index is 13.0. The molecule has 1 atom stereocenters. The lowest BCUT2D eigenvalue weighted by Crippen LogP contribution is -2.50. The SMILES string of the molecule is COc1ccc(CC(=O)N=C(N)N[C@H](Cc2ccccc2)C(=O)NCc2cccc(Br)c2)cc1OC. The summed E-state index contributed by atoms with van der Waals surface area (Å²) >= 11 is 3.43. The van der Waals surface area contributed by atoms with E-state index in [1.54, 1.807) is 25.3 Å². The molecule has 0 heterocycles. The van der Waals surface area contributed by atoms with Crippen molar-refractivity contribution in [2.75, 3.05) is 14.2 Å². The normalized spacial score (nSPS) is 11.9.